The Balaban J connectivity index is 1.76. The van der Waals surface area contributed by atoms with E-state index in [1.165, 1.54) is 5.56 Å². The van der Waals surface area contributed by atoms with E-state index in [0.717, 1.165) is 39.6 Å². The van der Waals surface area contributed by atoms with E-state index in [0.29, 0.717) is 0 Å². The van der Waals surface area contributed by atoms with Crippen LogP contribution in [0.25, 0.3) is 22.3 Å². The van der Waals surface area contributed by atoms with Crippen molar-refractivity contribution >= 4 is 16.9 Å². The molecule has 0 aliphatic heterocycles. The summed E-state index contributed by atoms with van der Waals surface area (Å²) in [6.45, 7) is 2.11. The van der Waals surface area contributed by atoms with Crippen LogP contribution >= 0.6 is 0 Å². The lowest BCUT2D eigenvalue weighted by Crippen LogP contribution is -2.08. The Labute approximate surface area is 163 Å². The lowest BCUT2D eigenvalue weighted by Gasteiger charge is -2.15. The van der Waals surface area contributed by atoms with Gasteiger partial charge >= 0.3 is 0 Å². The number of hydrogen-bond donors (Lipinski definition) is 2. The third-order valence-electron chi connectivity index (χ3n) is 4.78. The van der Waals surface area contributed by atoms with Crippen LogP contribution in [-0.2, 0) is 0 Å². The maximum Gasteiger partial charge on any atom is 0.143 e. The van der Waals surface area contributed by atoms with Gasteiger partial charge in [-0.05, 0) is 30.7 Å². The molecule has 0 saturated heterocycles. The maximum absolute atomic E-state index is 5.54. The number of hydrogen-bond acceptors (Lipinski definition) is 5. The molecule has 2 heterocycles. The van der Waals surface area contributed by atoms with Crippen LogP contribution in [0.2, 0.25) is 0 Å². The Morgan fingerprint density at radius 1 is 0.929 bits per heavy atom. The molecule has 1 atom stereocenters. The van der Waals surface area contributed by atoms with Gasteiger partial charge in [0.05, 0.1) is 30.9 Å². The molecule has 2 N–H and O–H groups in total. The fourth-order valence-corrected chi connectivity index (χ4v) is 3.34. The van der Waals surface area contributed by atoms with Crippen molar-refractivity contribution in [2.45, 2.75) is 13.0 Å². The van der Waals surface area contributed by atoms with Crippen molar-refractivity contribution in [2.75, 3.05) is 19.5 Å². The summed E-state index contributed by atoms with van der Waals surface area (Å²) in [5, 5.41) is 4.40. The van der Waals surface area contributed by atoms with E-state index < -0.39 is 0 Å². The zero-order valence-corrected chi connectivity index (χ0v) is 16.1. The first kappa shape index (κ1) is 17.9. The Morgan fingerprint density at radius 3 is 2.32 bits per heavy atom. The third-order valence-corrected chi connectivity index (χ3v) is 4.78. The van der Waals surface area contributed by atoms with Crippen LogP contribution in [-0.4, -0.2) is 29.2 Å². The van der Waals surface area contributed by atoms with Gasteiger partial charge in [-0.25, -0.2) is 9.97 Å². The first-order valence-corrected chi connectivity index (χ1v) is 9.08. The van der Waals surface area contributed by atoms with Crippen LogP contribution in [0.15, 0.2) is 60.9 Å². The van der Waals surface area contributed by atoms with Crippen LogP contribution < -0.4 is 14.8 Å². The minimum atomic E-state index is 0.110. The van der Waals surface area contributed by atoms with Crippen molar-refractivity contribution in [3.63, 3.8) is 0 Å². The second-order valence-corrected chi connectivity index (χ2v) is 6.48. The van der Waals surface area contributed by atoms with Gasteiger partial charge in [-0.2, -0.15) is 0 Å². The topological polar surface area (TPSA) is 72.1 Å². The highest BCUT2D eigenvalue weighted by atomic mass is 16.5. The molecule has 142 valence electrons. The van der Waals surface area contributed by atoms with E-state index >= 15 is 0 Å². The number of benzene rings is 2. The fraction of sp³-hybridized carbons (Fsp3) is 0.182. The summed E-state index contributed by atoms with van der Waals surface area (Å²) >= 11 is 0. The standard InChI is InChI=1S/C22H22N4O2/c1-14(15-8-5-4-6-9-15)25-21-16-12-17(26-22(16)24-13-23-21)20-18(27-2)10-7-11-19(20)28-3/h4-14H,1-3H3,(H2,23,24,25,26)/t14-/m1/s1. The van der Waals surface area contributed by atoms with Gasteiger partial charge in [-0.3, -0.25) is 0 Å². The van der Waals surface area contributed by atoms with Crippen molar-refractivity contribution in [1.82, 2.24) is 15.0 Å². The molecule has 0 fully saturated rings. The van der Waals surface area contributed by atoms with Gasteiger partial charge in [0.15, 0.2) is 0 Å². The van der Waals surface area contributed by atoms with Crippen LogP contribution in [0.4, 0.5) is 5.82 Å². The van der Waals surface area contributed by atoms with Crippen LogP contribution in [0, 0.1) is 0 Å². The zero-order valence-electron chi connectivity index (χ0n) is 16.1. The van der Waals surface area contributed by atoms with Crippen molar-refractivity contribution in [1.29, 1.82) is 0 Å². The number of aromatic amines is 1. The summed E-state index contributed by atoms with van der Waals surface area (Å²) in [4.78, 5) is 12.2. The van der Waals surface area contributed by atoms with Gasteiger partial charge in [0.25, 0.3) is 0 Å². The summed E-state index contributed by atoms with van der Waals surface area (Å²) in [5.41, 5.74) is 3.66. The van der Waals surface area contributed by atoms with Crippen molar-refractivity contribution in [3.05, 3.63) is 66.5 Å². The molecule has 2 aromatic carbocycles. The number of aromatic nitrogens is 3. The van der Waals surface area contributed by atoms with Gasteiger partial charge in [-0.15, -0.1) is 0 Å². The predicted octanol–water partition coefficient (Wildman–Crippen LogP) is 4.82. The molecule has 0 aliphatic carbocycles. The monoisotopic (exact) mass is 374 g/mol. The molecule has 0 saturated carbocycles. The van der Waals surface area contributed by atoms with E-state index in [4.69, 9.17) is 9.47 Å². The lowest BCUT2D eigenvalue weighted by atomic mass is 10.1. The van der Waals surface area contributed by atoms with Gasteiger partial charge < -0.3 is 19.8 Å². The van der Waals surface area contributed by atoms with Crippen molar-refractivity contribution in [3.8, 4) is 22.8 Å². The normalized spacial score (nSPS) is 12.0. The van der Waals surface area contributed by atoms with E-state index in [1.54, 1.807) is 20.5 Å². The SMILES string of the molecule is COc1cccc(OC)c1-c1cc2c(N[C@H](C)c3ccccc3)ncnc2[nH]1. The minimum Gasteiger partial charge on any atom is -0.496 e. The highest BCUT2D eigenvalue weighted by Crippen LogP contribution is 2.39. The van der Waals surface area contributed by atoms with E-state index in [-0.39, 0.29) is 6.04 Å². The van der Waals surface area contributed by atoms with E-state index in [2.05, 4.69) is 39.3 Å². The summed E-state index contributed by atoms with van der Waals surface area (Å²) in [7, 11) is 3.30. The second-order valence-electron chi connectivity index (χ2n) is 6.48. The number of nitrogens with zero attached hydrogens (tertiary/aromatic N) is 2. The molecule has 4 aromatic rings. The average Bonchev–Trinajstić information content (AvgIpc) is 3.18. The lowest BCUT2D eigenvalue weighted by molar-refractivity contribution is 0.397. The number of anilines is 1. The second kappa shape index (κ2) is 7.60. The predicted molar refractivity (Wildman–Crippen MR) is 111 cm³/mol. The Kier molecular flexibility index (Phi) is 4.85. The van der Waals surface area contributed by atoms with E-state index in [1.807, 2.05) is 42.5 Å². The number of methoxy groups -OCH3 is 2. The molecular formula is C22H22N4O2. The Bertz CT molecular complexity index is 1070. The van der Waals surface area contributed by atoms with Crippen LogP contribution in [0.5, 0.6) is 11.5 Å². The molecule has 0 bridgehead atoms. The number of nitrogens with one attached hydrogen (secondary N) is 2. The summed E-state index contributed by atoms with van der Waals surface area (Å²) < 4.78 is 11.1. The molecule has 0 spiro atoms. The molecule has 0 aliphatic rings. The van der Waals surface area contributed by atoms with Crippen molar-refractivity contribution < 1.29 is 9.47 Å². The van der Waals surface area contributed by atoms with E-state index in [9.17, 15) is 0 Å². The third kappa shape index (κ3) is 3.24. The molecule has 6 nitrogen and oxygen atoms in total. The minimum absolute atomic E-state index is 0.110. The van der Waals surface area contributed by atoms with Crippen molar-refractivity contribution in [2.24, 2.45) is 0 Å². The Morgan fingerprint density at radius 2 is 1.64 bits per heavy atom. The number of rotatable bonds is 6. The quantitative estimate of drug-likeness (QED) is 0.506. The number of ether oxygens (including phenoxy) is 2. The first-order valence-electron chi connectivity index (χ1n) is 9.08. The smallest absolute Gasteiger partial charge is 0.143 e. The van der Waals surface area contributed by atoms with Crippen LogP contribution in [0.1, 0.15) is 18.5 Å². The van der Waals surface area contributed by atoms with Gasteiger partial charge in [0.1, 0.15) is 29.3 Å². The average molecular weight is 374 g/mol. The highest BCUT2D eigenvalue weighted by molar-refractivity contribution is 5.93. The molecule has 0 unspecified atom stereocenters. The van der Waals surface area contributed by atoms with Crippen LogP contribution in [0.3, 0.4) is 0 Å². The highest BCUT2D eigenvalue weighted by Gasteiger charge is 2.17. The van der Waals surface area contributed by atoms with Gasteiger partial charge in [0, 0.05) is 6.04 Å². The molecular weight excluding hydrogens is 352 g/mol. The molecule has 6 heteroatoms. The summed E-state index contributed by atoms with van der Waals surface area (Å²) in [6, 6.07) is 18.1. The first-order chi connectivity index (χ1) is 13.7. The number of H-pyrrole nitrogens is 1. The molecule has 28 heavy (non-hydrogen) atoms. The fourth-order valence-electron chi connectivity index (χ4n) is 3.34. The number of fused-ring (bicyclic) bond motifs is 1. The van der Waals surface area contributed by atoms with Gasteiger partial charge in [0.2, 0.25) is 0 Å². The Hall–Kier alpha value is -3.54. The maximum atomic E-state index is 5.54. The molecule has 2 aromatic heterocycles. The summed E-state index contributed by atoms with van der Waals surface area (Å²) in [6.07, 6.45) is 1.56. The zero-order chi connectivity index (χ0) is 19.5. The molecule has 0 amide bonds. The molecule has 0 radical (unpaired) electrons. The molecule has 4 rings (SSSR count). The van der Waals surface area contributed by atoms with Gasteiger partial charge in [-0.1, -0.05) is 36.4 Å². The largest absolute Gasteiger partial charge is 0.496 e. The summed E-state index contributed by atoms with van der Waals surface area (Å²) in [5.74, 6) is 2.23.